The van der Waals surface area contributed by atoms with Crippen LogP contribution in [0, 0.1) is 11.8 Å². The summed E-state index contributed by atoms with van der Waals surface area (Å²) in [5.41, 5.74) is 0. The van der Waals surface area contributed by atoms with Gasteiger partial charge in [0, 0.05) is 6.42 Å². The van der Waals surface area contributed by atoms with Gasteiger partial charge in [-0.2, -0.15) is 0 Å². The minimum absolute atomic E-state index is 0.0708. The van der Waals surface area contributed by atoms with Gasteiger partial charge < -0.3 is 9.84 Å². The summed E-state index contributed by atoms with van der Waals surface area (Å²) >= 11 is 0. The highest BCUT2D eigenvalue weighted by Gasteiger charge is 2.15. The van der Waals surface area contributed by atoms with E-state index in [4.69, 9.17) is 9.84 Å². The molecule has 0 spiro atoms. The molecule has 2 atom stereocenters. The van der Waals surface area contributed by atoms with E-state index in [-0.39, 0.29) is 18.8 Å². The zero-order chi connectivity index (χ0) is 10.2. The van der Waals surface area contributed by atoms with Gasteiger partial charge in [-0.05, 0) is 12.8 Å². The summed E-state index contributed by atoms with van der Waals surface area (Å²) in [5, 5.41) is 8.49. The first-order valence-corrected chi connectivity index (χ1v) is 4.86. The molecule has 0 bridgehead atoms. The van der Waals surface area contributed by atoms with Gasteiger partial charge in [-0.3, -0.25) is 0 Å². The summed E-state index contributed by atoms with van der Waals surface area (Å²) in [6, 6.07) is 0. The Morgan fingerprint density at radius 3 is 3.14 bits per heavy atom. The standard InChI is InChI=1S/C12H16O2/c1-2-6-11-8-5-9-12(14-11)7-3-4-10-13/h2,5,8,11-13H,1,6-7,9-10H2. The highest BCUT2D eigenvalue weighted by atomic mass is 16.5. The van der Waals surface area contributed by atoms with Gasteiger partial charge in [-0.25, -0.2) is 0 Å². The van der Waals surface area contributed by atoms with Crippen molar-refractivity contribution in [2.45, 2.75) is 31.5 Å². The molecule has 0 aromatic carbocycles. The van der Waals surface area contributed by atoms with E-state index in [9.17, 15) is 0 Å². The number of hydrogen-bond donors (Lipinski definition) is 1. The van der Waals surface area contributed by atoms with Crippen LogP contribution in [-0.4, -0.2) is 23.9 Å². The zero-order valence-corrected chi connectivity index (χ0v) is 8.28. The maximum absolute atomic E-state index is 8.49. The van der Waals surface area contributed by atoms with E-state index in [2.05, 4.69) is 30.6 Å². The third kappa shape index (κ3) is 3.78. The van der Waals surface area contributed by atoms with Crippen LogP contribution in [0.5, 0.6) is 0 Å². The monoisotopic (exact) mass is 192 g/mol. The Labute approximate surface area is 85.3 Å². The molecule has 0 aromatic heterocycles. The molecule has 0 aromatic rings. The van der Waals surface area contributed by atoms with Gasteiger partial charge in [-0.15, -0.1) is 6.58 Å². The van der Waals surface area contributed by atoms with Crippen LogP contribution in [0.15, 0.2) is 24.8 Å². The van der Waals surface area contributed by atoms with Gasteiger partial charge in [0.15, 0.2) is 0 Å². The summed E-state index contributed by atoms with van der Waals surface area (Å²) in [4.78, 5) is 0. The molecule has 2 nitrogen and oxygen atoms in total. The van der Waals surface area contributed by atoms with Crippen LogP contribution >= 0.6 is 0 Å². The van der Waals surface area contributed by atoms with Crippen molar-refractivity contribution in [3.63, 3.8) is 0 Å². The number of rotatable bonds is 3. The van der Waals surface area contributed by atoms with E-state index in [1.54, 1.807) is 0 Å². The number of hydrogen-bond acceptors (Lipinski definition) is 2. The first kappa shape index (κ1) is 11.0. The molecule has 0 saturated carbocycles. The minimum Gasteiger partial charge on any atom is -0.384 e. The Kier molecular flexibility index (Phi) is 5.06. The lowest BCUT2D eigenvalue weighted by atomic mass is 10.1. The van der Waals surface area contributed by atoms with E-state index in [0.717, 1.165) is 12.8 Å². The number of aliphatic hydroxyl groups excluding tert-OH is 1. The van der Waals surface area contributed by atoms with Gasteiger partial charge in [-0.1, -0.05) is 30.1 Å². The third-order valence-electron chi connectivity index (χ3n) is 2.05. The Morgan fingerprint density at radius 2 is 2.43 bits per heavy atom. The first-order chi connectivity index (χ1) is 6.86. The average Bonchev–Trinajstić information content (AvgIpc) is 2.19. The molecular formula is C12H16O2. The molecule has 2 heteroatoms. The Morgan fingerprint density at radius 1 is 1.57 bits per heavy atom. The van der Waals surface area contributed by atoms with E-state index >= 15 is 0 Å². The Balaban J connectivity index is 2.35. The van der Waals surface area contributed by atoms with Gasteiger partial charge in [0.2, 0.25) is 0 Å². The van der Waals surface area contributed by atoms with Crippen LogP contribution in [0.4, 0.5) is 0 Å². The van der Waals surface area contributed by atoms with Crippen molar-refractivity contribution < 1.29 is 9.84 Å². The predicted octanol–water partition coefficient (Wildman–Crippen LogP) is 1.66. The fourth-order valence-electron chi connectivity index (χ4n) is 1.40. The molecule has 0 aliphatic carbocycles. The normalized spacial score (nSPS) is 25.2. The lowest BCUT2D eigenvalue weighted by molar-refractivity contribution is 0.0113. The van der Waals surface area contributed by atoms with Crippen LogP contribution in [0.3, 0.4) is 0 Å². The summed E-state index contributed by atoms with van der Waals surface area (Å²) < 4.78 is 5.73. The summed E-state index contributed by atoms with van der Waals surface area (Å²) in [7, 11) is 0. The van der Waals surface area contributed by atoms with Crippen molar-refractivity contribution in [1.29, 1.82) is 0 Å². The smallest absolute Gasteiger partial charge is 0.104 e. The third-order valence-corrected chi connectivity index (χ3v) is 2.05. The summed E-state index contributed by atoms with van der Waals surface area (Å²) in [6.07, 6.45) is 8.83. The van der Waals surface area contributed by atoms with Gasteiger partial charge in [0.1, 0.15) is 6.61 Å². The van der Waals surface area contributed by atoms with Crippen LogP contribution < -0.4 is 0 Å². The van der Waals surface area contributed by atoms with Gasteiger partial charge in [0.25, 0.3) is 0 Å². The van der Waals surface area contributed by atoms with Crippen molar-refractivity contribution in [3.05, 3.63) is 24.8 Å². The fraction of sp³-hybridized carbons (Fsp3) is 0.500. The maximum atomic E-state index is 8.49. The van der Waals surface area contributed by atoms with Crippen molar-refractivity contribution in [2.75, 3.05) is 6.61 Å². The second kappa shape index (κ2) is 6.42. The van der Waals surface area contributed by atoms with Crippen molar-refractivity contribution in [2.24, 2.45) is 0 Å². The number of ether oxygens (including phenoxy) is 1. The quantitative estimate of drug-likeness (QED) is 0.544. The van der Waals surface area contributed by atoms with Crippen LogP contribution in [0.1, 0.15) is 19.3 Å². The van der Waals surface area contributed by atoms with Crippen molar-refractivity contribution >= 4 is 0 Å². The topological polar surface area (TPSA) is 29.5 Å². The summed E-state index contributed by atoms with van der Waals surface area (Å²) in [5.74, 6) is 5.51. The molecule has 2 unspecified atom stereocenters. The molecule has 0 fully saturated rings. The molecule has 14 heavy (non-hydrogen) atoms. The van der Waals surface area contributed by atoms with Crippen molar-refractivity contribution in [3.8, 4) is 11.8 Å². The maximum Gasteiger partial charge on any atom is 0.104 e. The Bertz CT molecular complexity index is 257. The first-order valence-electron chi connectivity index (χ1n) is 4.86. The fourth-order valence-corrected chi connectivity index (χ4v) is 1.40. The molecule has 1 heterocycles. The summed E-state index contributed by atoms with van der Waals surface area (Å²) in [6.45, 7) is 3.61. The lowest BCUT2D eigenvalue weighted by Crippen LogP contribution is -2.23. The van der Waals surface area contributed by atoms with E-state index in [1.165, 1.54) is 0 Å². The highest BCUT2D eigenvalue weighted by molar-refractivity contribution is 5.04. The lowest BCUT2D eigenvalue weighted by Gasteiger charge is -2.23. The van der Waals surface area contributed by atoms with E-state index < -0.39 is 0 Å². The molecule has 0 amide bonds. The zero-order valence-electron chi connectivity index (χ0n) is 8.28. The molecule has 1 rings (SSSR count). The average molecular weight is 192 g/mol. The van der Waals surface area contributed by atoms with E-state index in [1.807, 2.05) is 6.08 Å². The molecule has 1 aliphatic heterocycles. The predicted molar refractivity (Wildman–Crippen MR) is 56.7 cm³/mol. The minimum atomic E-state index is -0.0708. The second-order valence-corrected chi connectivity index (χ2v) is 3.20. The van der Waals surface area contributed by atoms with E-state index in [0.29, 0.717) is 6.42 Å². The molecular weight excluding hydrogens is 176 g/mol. The molecule has 0 radical (unpaired) electrons. The van der Waals surface area contributed by atoms with Gasteiger partial charge >= 0.3 is 0 Å². The van der Waals surface area contributed by atoms with Crippen LogP contribution in [0.2, 0.25) is 0 Å². The number of aliphatic hydroxyl groups is 1. The SMILES string of the molecule is C=CCC1C=CCC(CC#CCO)O1. The molecule has 0 saturated heterocycles. The highest BCUT2D eigenvalue weighted by Crippen LogP contribution is 2.17. The van der Waals surface area contributed by atoms with Crippen molar-refractivity contribution in [1.82, 2.24) is 0 Å². The second-order valence-electron chi connectivity index (χ2n) is 3.20. The Hall–Kier alpha value is -1.04. The van der Waals surface area contributed by atoms with Crippen LogP contribution in [-0.2, 0) is 4.74 Å². The largest absolute Gasteiger partial charge is 0.384 e. The van der Waals surface area contributed by atoms with Crippen LogP contribution in [0.25, 0.3) is 0 Å². The molecule has 1 aliphatic rings. The molecule has 1 N–H and O–H groups in total. The molecule has 76 valence electrons. The van der Waals surface area contributed by atoms with Gasteiger partial charge in [0.05, 0.1) is 12.2 Å².